The fraction of sp³-hybridized carbons (Fsp3) is 0.318. The van der Waals surface area contributed by atoms with Crippen molar-refractivity contribution in [2.75, 3.05) is 6.61 Å². The molecule has 0 bridgehead atoms. The number of carbonyl (C=O) groups excluding carboxylic acids is 1. The Kier molecular flexibility index (Phi) is 6.14. The Morgan fingerprint density at radius 1 is 0.920 bits per heavy atom. The molecule has 0 saturated carbocycles. The van der Waals surface area contributed by atoms with Crippen LogP contribution in [-0.2, 0) is 9.22 Å². The third kappa shape index (κ3) is 4.17. The van der Waals surface area contributed by atoms with Gasteiger partial charge in [-0.05, 0) is 34.8 Å². The third-order valence-corrected chi connectivity index (χ3v) is 9.67. The summed E-state index contributed by atoms with van der Waals surface area (Å²) < 4.78 is 6.70. The molecular weight excluding hydrogens is 324 g/mol. The molecule has 0 amide bonds. The van der Waals surface area contributed by atoms with E-state index in [1.807, 2.05) is 25.1 Å². The normalized spacial score (nSPS) is 12.9. The molecule has 0 unspecified atom stereocenters. The number of ketones is 1. The summed E-state index contributed by atoms with van der Waals surface area (Å²) in [6, 6.07) is 21.1. The van der Waals surface area contributed by atoms with Gasteiger partial charge in [0.2, 0.25) is 0 Å². The molecule has 0 aliphatic carbocycles. The van der Waals surface area contributed by atoms with Crippen molar-refractivity contribution >= 4 is 24.5 Å². The first kappa shape index (κ1) is 19.4. The first-order valence-electron chi connectivity index (χ1n) is 8.72. The quantitative estimate of drug-likeness (QED) is 0.578. The van der Waals surface area contributed by atoms with E-state index < -0.39 is 8.32 Å². The van der Waals surface area contributed by atoms with Crippen molar-refractivity contribution in [3.63, 3.8) is 0 Å². The monoisotopic (exact) mass is 352 g/mol. The minimum Gasteiger partial charge on any atom is -0.404 e. The van der Waals surface area contributed by atoms with Crippen LogP contribution in [0, 0.1) is 0 Å². The largest absolute Gasteiger partial charge is 0.404 e. The summed E-state index contributed by atoms with van der Waals surface area (Å²) in [6.45, 7) is 10.6. The molecule has 0 saturated heterocycles. The lowest BCUT2D eigenvalue weighted by atomic mass is 10.2. The zero-order valence-corrected chi connectivity index (χ0v) is 16.9. The number of allylic oxidation sites excluding steroid dienone is 1. The van der Waals surface area contributed by atoms with Gasteiger partial charge in [-0.2, -0.15) is 0 Å². The van der Waals surface area contributed by atoms with E-state index in [4.69, 9.17) is 4.43 Å². The van der Waals surface area contributed by atoms with Gasteiger partial charge in [-0.1, -0.05) is 87.5 Å². The maximum absolute atomic E-state index is 11.5. The number of rotatable bonds is 6. The topological polar surface area (TPSA) is 26.3 Å². The molecule has 2 aromatic carbocycles. The maximum atomic E-state index is 11.5. The highest BCUT2D eigenvalue weighted by Crippen LogP contribution is 2.36. The number of carbonyl (C=O) groups is 1. The highest BCUT2D eigenvalue weighted by atomic mass is 28.4. The molecule has 132 valence electrons. The summed E-state index contributed by atoms with van der Waals surface area (Å²) in [5.74, 6) is 0.0889. The highest BCUT2D eigenvalue weighted by molar-refractivity contribution is 6.99. The van der Waals surface area contributed by atoms with Gasteiger partial charge >= 0.3 is 0 Å². The molecule has 0 aromatic heterocycles. The van der Waals surface area contributed by atoms with Crippen LogP contribution < -0.4 is 10.4 Å². The number of hydrogen-bond acceptors (Lipinski definition) is 2. The molecule has 0 N–H and O–H groups in total. The predicted molar refractivity (Wildman–Crippen MR) is 108 cm³/mol. The summed E-state index contributed by atoms with van der Waals surface area (Å²) in [4.78, 5) is 11.5. The van der Waals surface area contributed by atoms with E-state index in [0.29, 0.717) is 6.61 Å². The highest BCUT2D eigenvalue weighted by Gasteiger charge is 2.49. The van der Waals surface area contributed by atoms with Gasteiger partial charge in [0.25, 0.3) is 8.32 Å². The fourth-order valence-electron chi connectivity index (χ4n) is 3.20. The van der Waals surface area contributed by atoms with Crippen LogP contribution in [0.25, 0.3) is 0 Å². The molecule has 0 aliphatic heterocycles. The second kappa shape index (κ2) is 7.94. The van der Waals surface area contributed by atoms with E-state index in [-0.39, 0.29) is 10.8 Å². The summed E-state index contributed by atoms with van der Waals surface area (Å²) in [5, 5.41) is 2.46. The molecule has 0 atom stereocenters. The molecule has 0 heterocycles. The average molecular weight is 353 g/mol. The summed E-state index contributed by atoms with van der Waals surface area (Å²) >= 11 is 0. The van der Waals surface area contributed by atoms with Gasteiger partial charge in [0.05, 0.1) is 6.61 Å². The fourth-order valence-corrected chi connectivity index (χ4v) is 7.69. The number of benzene rings is 2. The van der Waals surface area contributed by atoms with E-state index in [1.54, 1.807) is 6.92 Å². The van der Waals surface area contributed by atoms with Gasteiger partial charge in [-0.25, -0.2) is 0 Å². The van der Waals surface area contributed by atoms with Crippen LogP contribution in [0.3, 0.4) is 0 Å². The molecular formula is C22H28O2Si. The van der Waals surface area contributed by atoms with E-state index in [2.05, 4.69) is 69.3 Å². The standard InChI is InChI=1S/C22H28O2Si/c1-18(19(2)23)16-17-24-25(22(3,4)5,20-12-8-6-9-13-20)21-14-10-7-11-15-21/h6-16H,17H2,1-5H3/b18-16+. The zero-order chi connectivity index (χ0) is 18.5. The molecule has 0 aliphatic rings. The second-order valence-electron chi connectivity index (χ2n) is 7.42. The van der Waals surface area contributed by atoms with Crippen LogP contribution in [0.1, 0.15) is 34.6 Å². The van der Waals surface area contributed by atoms with Gasteiger partial charge in [-0.15, -0.1) is 0 Å². The van der Waals surface area contributed by atoms with E-state index in [1.165, 1.54) is 10.4 Å². The third-order valence-electron chi connectivity index (χ3n) is 4.66. The smallest absolute Gasteiger partial charge is 0.261 e. The van der Waals surface area contributed by atoms with Crippen LogP contribution in [0.4, 0.5) is 0 Å². The SMILES string of the molecule is CC(=O)/C(C)=C/CO[Si](c1ccccc1)(c1ccccc1)C(C)(C)C. The average Bonchev–Trinajstić information content (AvgIpc) is 2.59. The molecule has 2 rings (SSSR count). The van der Waals surface area contributed by atoms with Gasteiger partial charge in [-0.3, -0.25) is 4.79 Å². The molecule has 0 radical (unpaired) electrons. The van der Waals surface area contributed by atoms with Crippen molar-refractivity contribution < 1.29 is 9.22 Å². The van der Waals surface area contributed by atoms with Gasteiger partial charge < -0.3 is 4.43 Å². The van der Waals surface area contributed by atoms with Crippen LogP contribution >= 0.6 is 0 Å². The van der Waals surface area contributed by atoms with Gasteiger partial charge in [0.15, 0.2) is 5.78 Å². The Balaban J connectivity index is 2.57. The Morgan fingerprint density at radius 2 is 1.36 bits per heavy atom. The molecule has 0 fully saturated rings. The first-order valence-corrected chi connectivity index (χ1v) is 10.6. The summed E-state index contributed by atoms with van der Waals surface area (Å²) in [6.07, 6.45) is 1.90. The lowest BCUT2D eigenvalue weighted by Gasteiger charge is -2.42. The van der Waals surface area contributed by atoms with Crippen molar-refractivity contribution in [1.82, 2.24) is 0 Å². The Bertz CT molecular complexity index is 688. The summed E-state index contributed by atoms with van der Waals surface area (Å²) in [5.41, 5.74) is 0.748. The van der Waals surface area contributed by atoms with Crippen molar-refractivity contribution in [3.8, 4) is 0 Å². The first-order chi connectivity index (χ1) is 11.8. The van der Waals surface area contributed by atoms with Crippen LogP contribution in [0.15, 0.2) is 72.3 Å². The van der Waals surface area contributed by atoms with E-state index in [9.17, 15) is 4.79 Å². The van der Waals surface area contributed by atoms with Crippen LogP contribution in [0.2, 0.25) is 5.04 Å². The predicted octanol–water partition coefficient (Wildman–Crippen LogP) is 4.10. The van der Waals surface area contributed by atoms with Crippen molar-refractivity contribution in [1.29, 1.82) is 0 Å². The lowest BCUT2D eigenvalue weighted by molar-refractivity contribution is -0.113. The van der Waals surface area contributed by atoms with Crippen LogP contribution in [-0.4, -0.2) is 20.7 Å². The zero-order valence-electron chi connectivity index (χ0n) is 15.9. The maximum Gasteiger partial charge on any atom is 0.261 e. The summed E-state index contributed by atoms with van der Waals surface area (Å²) in [7, 11) is -2.51. The van der Waals surface area contributed by atoms with E-state index >= 15 is 0 Å². The molecule has 0 spiro atoms. The van der Waals surface area contributed by atoms with Gasteiger partial charge in [0.1, 0.15) is 0 Å². The minimum absolute atomic E-state index is 0.0479. The van der Waals surface area contributed by atoms with Crippen LogP contribution in [0.5, 0.6) is 0 Å². The molecule has 2 aromatic rings. The van der Waals surface area contributed by atoms with Crippen molar-refractivity contribution in [2.45, 2.75) is 39.7 Å². The van der Waals surface area contributed by atoms with Crippen molar-refractivity contribution in [2.24, 2.45) is 0 Å². The molecule has 25 heavy (non-hydrogen) atoms. The minimum atomic E-state index is -2.51. The van der Waals surface area contributed by atoms with E-state index in [0.717, 1.165) is 5.57 Å². The Hall–Kier alpha value is -1.97. The number of hydrogen-bond donors (Lipinski definition) is 0. The Labute approximate surface area is 152 Å². The lowest BCUT2D eigenvalue weighted by Crippen LogP contribution is -2.66. The second-order valence-corrected chi connectivity index (χ2v) is 11.7. The molecule has 2 nitrogen and oxygen atoms in total. The number of Topliss-reactive ketones (excluding diaryl/α,β-unsaturated/α-hetero) is 1. The molecule has 3 heteroatoms. The Morgan fingerprint density at radius 3 is 1.72 bits per heavy atom. The van der Waals surface area contributed by atoms with Gasteiger partial charge in [0, 0.05) is 0 Å². The van der Waals surface area contributed by atoms with Crippen molar-refractivity contribution in [3.05, 3.63) is 72.3 Å².